The Hall–Kier alpha value is -0.110. The molecule has 1 aliphatic rings. The van der Waals surface area contributed by atoms with Crippen molar-refractivity contribution in [2.24, 2.45) is 11.8 Å². The van der Waals surface area contributed by atoms with E-state index < -0.39 is 0 Å². The zero-order valence-corrected chi connectivity index (χ0v) is 5.93. The van der Waals surface area contributed by atoms with E-state index in [1.54, 1.807) is 0 Å². The molecule has 0 spiro atoms. The number of ether oxygens (including phenoxy) is 1. The van der Waals surface area contributed by atoms with Gasteiger partial charge in [-0.15, -0.1) is 0 Å². The molecule has 1 nitrogen and oxygen atoms in total. The van der Waals surface area contributed by atoms with Crippen molar-refractivity contribution in [1.29, 1.82) is 0 Å². The van der Waals surface area contributed by atoms with Gasteiger partial charge in [-0.3, -0.25) is 0 Å². The summed E-state index contributed by atoms with van der Waals surface area (Å²) in [5.41, 5.74) is 0. The van der Waals surface area contributed by atoms with E-state index in [4.69, 9.17) is 4.74 Å². The Kier molecular flexibility index (Phi) is 2.06. The van der Waals surface area contributed by atoms with Crippen LogP contribution in [0.15, 0.2) is 0 Å². The Bertz CT molecular complexity index is 94.9. The molecule has 3 atom stereocenters. The summed E-state index contributed by atoms with van der Waals surface area (Å²) in [6.07, 6.45) is -0.125. The number of rotatable bonds is 1. The van der Waals surface area contributed by atoms with Crippen LogP contribution in [0, 0.1) is 11.8 Å². The lowest BCUT2D eigenvalue weighted by Gasteiger charge is -2.11. The van der Waals surface area contributed by atoms with Crippen molar-refractivity contribution >= 4 is 0 Å². The first-order valence-electron chi connectivity index (χ1n) is 3.43. The van der Waals surface area contributed by atoms with Gasteiger partial charge in [0, 0.05) is 6.61 Å². The molecule has 1 heterocycles. The fourth-order valence-corrected chi connectivity index (χ4v) is 1.13. The Balaban J connectivity index is 2.41. The van der Waals surface area contributed by atoms with Crippen LogP contribution >= 0.6 is 0 Å². The van der Waals surface area contributed by atoms with Gasteiger partial charge in [0.2, 0.25) is 0 Å². The molecule has 0 saturated carbocycles. The molecule has 0 aromatic rings. The first-order chi connectivity index (χ1) is 4.25. The van der Waals surface area contributed by atoms with E-state index in [0.717, 1.165) is 6.61 Å². The number of hydrogen-bond acceptors (Lipinski definition) is 1. The van der Waals surface area contributed by atoms with Crippen LogP contribution in [0.5, 0.6) is 0 Å². The summed E-state index contributed by atoms with van der Waals surface area (Å²) in [6, 6.07) is 0. The zero-order chi connectivity index (χ0) is 6.85. The molecule has 0 aromatic heterocycles. The largest absolute Gasteiger partial charge is 0.375 e. The lowest BCUT2D eigenvalue weighted by atomic mass is 9.95. The maximum Gasteiger partial charge on any atom is 0.116 e. The van der Waals surface area contributed by atoms with E-state index in [2.05, 4.69) is 6.92 Å². The SMILES string of the molecule is CC1COC(CF)C1C. The first-order valence-corrected chi connectivity index (χ1v) is 3.43. The molecule has 0 aliphatic carbocycles. The minimum atomic E-state index is -0.328. The van der Waals surface area contributed by atoms with Crippen LogP contribution in [0.25, 0.3) is 0 Å². The van der Waals surface area contributed by atoms with Crippen LogP contribution in [-0.2, 0) is 4.74 Å². The molecule has 0 amide bonds. The molecule has 9 heavy (non-hydrogen) atoms. The molecule has 0 aromatic carbocycles. The summed E-state index contributed by atoms with van der Waals surface area (Å²) in [4.78, 5) is 0. The quantitative estimate of drug-likeness (QED) is 0.527. The number of halogens is 1. The number of alkyl halides is 1. The zero-order valence-electron chi connectivity index (χ0n) is 5.93. The fourth-order valence-electron chi connectivity index (χ4n) is 1.13. The minimum absolute atomic E-state index is 0.125. The van der Waals surface area contributed by atoms with Crippen molar-refractivity contribution in [2.45, 2.75) is 20.0 Å². The molecule has 3 unspecified atom stereocenters. The van der Waals surface area contributed by atoms with E-state index in [1.807, 2.05) is 6.92 Å². The predicted molar refractivity (Wildman–Crippen MR) is 34.0 cm³/mol. The second-order valence-electron chi connectivity index (χ2n) is 2.86. The lowest BCUT2D eigenvalue weighted by molar-refractivity contribution is 0.0717. The molecule has 54 valence electrons. The van der Waals surface area contributed by atoms with Crippen molar-refractivity contribution in [3.63, 3.8) is 0 Å². The van der Waals surface area contributed by atoms with Gasteiger partial charge in [-0.25, -0.2) is 4.39 Å². The highest BCUT2D eigenvalue weighted by Gasteiger charge is 2.30. The van der Waals surface area contributed by atoms with Crippen molar-refractivity contribution in [1.82, 2.24) is 0 Å². The fraction of sp³-hybridized carbons (Fsp3) is 1.00. The summed E-state index contributed by atoms with van der Waals surface area (Å²) >= 11 is 0. The van der Waals surface area contributed by atoms with Gasteiger partial charge in [-0.2, -0.15) is 0 Å². The summed E-state index contributed by atoms with van der Waals surface area (Å²) in [6.45, 7) is 4.55. The maximum atomic E-state index is 12.0. The van der Waals surface area contributed by atoms with E-state index in [9.17, 15) is 4.39 Å². The molecule has 0 radical (unpaired) electrons. The molecule has 0 bridgehead atoms. The summed E-state index contributed by atoms with van der Waals surface area (Å²) in [7, 11) is 0. The van der Waals surface area contributed by atoms with Gasteiger partial charge in [0.25, 0.3) is 0 Å². The van der Waals surface area contributed by atoms with Gasteiger partial charge in [-0.05, 0) is 11.8 Å². The number of hydrogen-bond donors (Lipinski definition) is 0. The molecule has 1 aliphatic heterocycles. The van der Waals surface area contributed by atoms with E-state index in [1.165, 1.54) is 0 Å². The van der Waals surface area contributed by atoms with Crippen molar-refractivity contribution in [3.05, 3.63) is 0 Å². The minimum Gasteiger partial charge on any atom is -0.375 e. The van der Waals surface area contributed by atoms with Crippen molar-refractivity contribution < 1.29 is 9.13 Å². The molecule has 2 heteroatoms. The van der Waals surface area contributed by atoms with Crippen molar-refractivity contribution in [2.75, 3.05) is 13.3 Å². The third-order valence-electron chi connectivity index (χ3n) is 2.21. The second-order valence-corrected chi connectivity index (χ2v) is 2.86. The average Bonchev–Trinajstić information content (AvgIpc) is 2.15. The maximum absolute atomic E-state index is 12.0. The highest BCUT2D eigenvalue weighted by Crippen LogP contribution is 2.25. The Morgan fingerprint density at radius 1 is 1.56 bits per heavy atom. The van der Waals surface area contributed by atoms with Crippen LogP contribution in [0.3, 0.4) is 0 Å². The monoisotopic (exact) mass is 132 g/mol. The van der Waals surface area contributed by atoms with Crippen LogP contribution < -0.4 is 0 Å². The molecule has 1 rings (SSSR count). The summed E-state index contributed by atoms with van der Waals surface area (Å²) < 4.78 is 17.1. The Morgan fingerprint density at radius 2 is 2.22 bits per heavy atom. The standard InChI is InChI=1S/C7H13FO/c1-5-4-9-7(3-8)6(5)2/h5-7H,3-4H2,1-2H3. The van der Waals surface area contributed by atoms with Gasteiger partial charge >= 0.3 is 0 Å². The Labute approximate surface area is 55.2 Å². The average molecular weight is 132 g/mol. The molecule has 1 saturated heterocycles. The van der Waals surface area contributed by atoms with Crippen LogP contribution in [0.2, 0.25) is 0 Å². The molecular weight excluding hydrogens is 119 g/mol. The first kappa shape index (κ1) is 7.00. The smallest absolute Gasteiger partial charge is 0.116 e. The highest BCUT2D eigenvalue weighted by atomic mass is 19.1. The third-order valence-corrected chi connectivity index (χ3v) is 2.21. The van der Waals surface area contributed by atoms with Gasteiger partial charge in [0.15, 0.2) is 0 Å². The van der Waals surface area contributed by atoms with Crippen LogP contribution in [0.4, 0.5) is 4.39 Å². The van der Waals surface area contributed by atoms with E-state index >= 15 is 0 Å². The Morgan fingerprint density at radius 3 is 2.44 bits per heavy atom. The van der Waals surface area contributed by atoms with E-state index in [0.29, 0.717) is 11.8 Å². The second kappa shape index (κ2) is 2.65. The van der Waals surface area contributed by atoms with Gasteiger partial charge in [0.1, 0.15) is 6.67 Å². The topological polar surface area (TPSA) is 9.23 Å². The van der Waals surface area contributed by atoms with Crippen LogP contribution in [-0.4, -0.2) is 19.4 Å². The predicted octanol–water partition coefficient (Wildman–Crippen LogP) is 1.63. The lowest BCUT2D eigenvalue weighted by Crippen LogP contribution is -2.17. The summed E-state index contributed by atoms with van der Waals surface area (Å²) in [5, 5.41) is 0. The normalized spacial score (nSPS) is 43.7. The molecule has 1 fully saturated rings. The molecular formula is C7H13FO. The van der Waals surface area contributed by atoms with Gasteiger partial charge < -0.3 is 4.74 Å². The third kappa shape index (κ3) is 1.23. The van der Waals surface area contributed by atoms with E-state index in [-0.39, 0.29) is 12.8 Å². The molecule has 0 N–H and O–H groups in total. The van der Waals surface area contributed by atoms with Gasteiger partial charge in [-0.1, -0.05) is 13.8 Å². The van der Waals surface area contributed by atoms with Crippen molar-refractivity contribution in [3.8, 4) is 0 Å². The van der Waals surface area contributed by atoms with Crippen LogP contribution in [0.1, 0.15) is 13.8 Å². The summed E-state index contributed by atoms with van der Waals surface area (Å²) in [5.74, 6) is 0.931. The highest BCUT2D eigenvalue weighted by molar-refractivity contribution is 4.76. The van der Waals surface area contributed by atoms with Gasteiger partial charge in [0.05, 0.1) is 6.10 Å².